The summed E-state index contributed by atoms with van der Waals surface area (Å²) >= 11 is 0. The maximum absolute atomic E-state index is 4.27. The number of rotatable bonds is 1. The summed E-state index contributed by atoms with van der Waals surface area (Å²) in [5, 5.41) is 1.20. The van der Waals surface area contributed by atoms with E-state index in [2.05, 4.69) is 9.97 Å². The highest BCUT2D eigenvalue weighted by molar-refractivity contribution is 5.88. The van der Waals surface area contributed by atoms with Crippen molar-refractivity contribution in [2.24, 2.45) is 0 Å². The minimum Gasteiger partial charge on any atom is -0.361 e. The molecule has 2 aromatic rings. The van der Waals surface area contributed by atoms with Gasteiger partial charge in [-0.05, 0) is 12.1 Å². The number of pyridine rings is 1. The number of H-pyrrole nitrogens is 1. The Kier molecular flexibility index (Phi) is 1.50. The highest BCUT2D eigenvalue weighted by atomic mass is 15.1. The van der Waals surface area contributed by atoms with E-state index < -0.39 is 0 Å². The molecule has 0 saturated carbocycles. The van der Waals surface area contributed by atoms with Crippen molar-refractivity contribution in [2.45, 2.75) is 0 Å². The summed E-state index contributed by atoms with van der Waals surface area (Å²) in [6.07, 6.45) is 3.75. The van der Waals surface area contributed by atoms with Crippen LogP contribution in [0.5, 0.6) is 0 Å². The Balaban J connectivity index is 2.73. The molecule has 12 heavy (non-hydrogen) atoms. The third-order valence-electron chi connectivity index (χ3n) is 1.88. The molecule has 0 unspecified atom stereocenters. The smallest absolute Gasteiger partial charge is 0.152 e. The highest BCUT2D eigenvalue weighted by Gasteiger charge is 2.03. The van der Waals surface area contributed by atoms with E-state index in [1.807, 2.05) is 43.5 Å². The van der Waals surface area contributed by atoms with Gasteiger partial charge < -0.3 is 9.88 Å². The largest absolute Gasteiger partial charge is 0.361 e. The molecule has 1 N–H and O–H groups in total. The van der Waals surface area contributed by atoms with Crippen molar-refractivity contribution < 1.29 is 0 Å². The second-order valence-electron chi connectivity index (χ2n) is 2.97. The lowest BCUT2D eigenvalue weighted by molar-refractivity contribution is 1.08. The van der Waals surface area contributed by atoms with Gasteiger partial charge in [0, 0.05) is 31.9 Å². The van der Waals surface area contributed by atoms with E-state index in [4.69, 9.17) is 0 Å². The van der Waals surface area contributed by atoms with Crippen LogP contribution in [0.3, 0.4) is 0 Å². The molecule has 3 nitrogen and oxygen atoms in total. The van der Waals surface area contributed by atoms with E-state index >= 15 is 0 Å². The van der Waals surface area contributed by atoms with Gasteiger partial charge in [-0.15, -0.1) is 0 Å². The normalized spacial score (nSPS) is 10.5. The molecule has 0 atom stereocenters. The average molecular weight is 161 g/mol. The van der Waals surface area contributed by atoms with E-state index in [0.29, 0.717) is 0 Å². The Morgan fingerprint density at radius 3 is 2.92 bits per heavy atom. The number of hydrogen-bond acceptors (Lipinski definition) is 2. The monoisotopic (exact) mass is 161 g/mol. The van der Waals surface area contributed by atoms with Crippen LogP contribution in [-0.4, -0.2) is 24.1 Å². The average Bonchev–Trinajstić information content (AvgIpc) is 2.49. The molecular formula is C9H11N3. The molecule has 2 aromatic heterocycles. The first kappa shape index (κ1) is 7.16. The molecule has 62 valence electrons. The fourth-order valence-electron chi connectivity index (χ4n) is 1.31. The highest BCUT2D eigenvalue weighted by Crippen LogP contribution is 2.20. The number of fused-ring (bicyclic) bond motifs is 1. The number of hydrogen-bond donors (Lipinski definition) is 1. The van der Waals surface area contributed by atoms with Crippen LogP contribution >= 0.6 is 0 Å². The van der Waals surface area contributed by atoms with Crippen molar-refractivity contribution >= 4 is 16.7 Å². The van der Waals surface area contributed by atoms with Crippen molar-refractivity contribution in [3.8, 4) is 0 Å². The fraction of sp³-hybridized carbons (Fsp3) is 0.222. The quantitative estimate of drug-likeness (QED) is 0.689. The topological polar surface area (TPSA) is 31.9 Å². The first-order chi connectivity index (χ1) is 5.79. The van der Waals surface area contributed by atoms with E-state index in [-0.39, 0.29) is 0 Å². The van der Waals surface area contributed by atoms with Crippen molar-refractivity contribution in [1.82, 2.24) is 9.97 Å². The molecular weight excluding hydrogens is 150 g/mol. The van der Waals surface area contributed by atoms with E-state index in [1.165, 1.54) is 5.39 Å². The SMILES string of the molecule is CN(C)c1nccc2cc[nH]c12. The van der Waals surface area contributed by atoms with E-state index in [1.54, 1.807) is 0 Å². The van der Waals surface area contributed by atoms with Crippen LogP contribution < -0.4 is 4.90 Å². The minimum absolute atomic E-state index is 0.984. The molecule has 0 bridgehead atoms. The number of aromatic nitrogens is 2. The van der Waals surface area contributed by atoms with Gasteiger partial charge in [0.1, 0.15) is 0 Å². The molecule has 2 rings (SSSR count). The van der Waals surface area contributed by atoms with Crippen LogP contribution in [0.2, 0.25) is 0 Å². The summed E-state index contributed by atoms with van der Waals surface area (Å²) < 4.78 is 0. The van der Waals surface area contributed by atoms with Gasteiger partial charge in [-0.1, -0.05) is 0 Å². The first-order valence-electron chi connectivity index (χ1n) is 3.88. The number of nitrogens with one attached hydrogen (secondary N) is 1. The Bertz CT molecular complexity index is 389. The third kappa shape index (κ3) is 0.942. The van der Waals surface area contributed by atoms with Crippen LogP contribution in [0.25, 0.3) is 10.9 Å². The molecule has 0 aromatic carbocycles. The predicted octanol–water partition coefficient (Wildman–Crippen LogP) is 1.63. The van der Waals surface area contributed by atoms with E-state index in [0.717, 1.165) is 11.3 Å². The zero-order valence-corrected chi connectivity index (χ0v) is 7.20. The zero-order valence-electron chi connectivity index (χ0n) is 7.20. The van der Waals surface area contributed by atoms with Crippen LogP contribution in [0, 0.1) is 0 Å². The molecule has 2 heterocycles. The summed E-state index contributed by atoms with van der Waals surface area (Å²) in [7, 11) is 3.98. The molecule has 0 fully saturated rings. The molecule has 0 amide bonds. The first-order valence-corrected chi connectivity index (χ1v) is 3.88. The number of nitrogens with zero attached hydrogens (tertiary/aromatic N) is 2. The fourth-order valence-corrected chi connectivity index (χ4v) is 1.31. The zero-order chi connectivity index (χ0) is 8.55. The van der Waals surface area contributed by atoms with E-state index in [9.17, 15) is 0 Å². The molecule has 0 saturated heterocycles. The maximum atomic E-state index is 4.27. The van der Waals surface area contributed by atoms with Crippen LogP contribution in [0.15, 0.2) is 24.5 Å². The molecule has 0 spiro atoms. The van der Waals surface area contributed by atoms with Gasteiger partial charge in [-0.3, -0.25) is 0 Å². The lowest BCUT2D eigenvalue weighted by Crippen LogP contribution is -2.10. The second-order valence-corrected chi connectivity index (χ2v) is 2.97. The van der Waals surface area contributed by atoms with Gasteiger partial charge in [0.2, 0.25) is 0 Å². The Morgan fingerprint density at radius 1 is 1.33 bits per heavy atom. The Hall–Kier alpha value is -1.51. The standard InChI is InChI=1S/C9H11N3/c1-12(2)9-8-7(3-5-10-8)4-6-11-9/h3-6,10H,1-2H3. The van der Waals surface area contributed by atoms with Crippen LogP contribution in [0.1, 0.15) is 0 Å². The maximum Gasteiger partial charge on any atom is 0.152 e. The van der Waals surface area contributed by atoms with Crippen molar-refractivity contribution in [1.29, 1.82) is 0 Å². The lowest BCUT2D eigenvalue weighted by atomic mass is 10.3. The third-order valence-corrected chi connectivity index (χ3v) is 1.88. The predicted molar refractivity (Wildman–Crippen MR) is 50.4 cm³/mol. The van der Waals surface area contributed by atoms with Gasteiger partial charge in [-0.2, -0.15) is 0 Å². The van der Waals surface area contributed by atoms with Crippen molar-refractivity contribution in [3.05, 3.63) is 24.5 Å². The summed E-state index contributed by atoms with van der Waals surface area (Å²) in [6.45, 7) is 0. The van der Waals surface area contributed by atoms with Gasteiger partial charge in [0.25, 0.3) is 0 Å². The summed E-state index contributed by atoms with van der Waals surface area (Å²) in [6, 6.07) is 4.04. The molecule has 0 aliphatic heterocycles. The van der Waals surface area contributed by atoms with Crippen LogP contribution in [0.4, 0.5) is 5.82 Å². The van der Waals surface area contributed by atoms with Gasteiger partial charge in [-0.25, -0.2) is 4.98 Å². The molecule has 3 heteroatoms. The molecule has 0 aliphatic carbocycles. The molecule has 0 radical (unpaired) electrons. The van der Waals surface area contributed by atoms with Gasteiger partial charge in [0.05, 0.1) is 5.52 Å². The van der Waals surface area contributed by atoms with Crippen LogP contribution in [-0.2, 0) is 0 Å². The van der Waals surface area contributed by atoms with Gasteiger partial charge >= 0.3 is 0 Å². The van der Waals surface area contributed by atoms with Crippen molar-refractivity contribution in [3.63, 3.8) is 0 Å². The number of aromatic amines is 1. The summed E-state index contributed by atoms with van der Waals surface area (Å²) in [5.41, 5.74) is 1.10. The Morgan fingerprint density at radius 2 is 2.17 bits per heavy atom. The lowest BCUT2D eigenvalue weighted by Gasteiger charge is -2.11. The Labute approximate surface area is 71.0 Å². The molecule has 0 aliphatic rings. The summed E-state index contributed by atoms with van der Waals surface area (Å²) in [4.78, 5) is 9.44. The van der Waals surface area contributed by atoms with Gasteiger partial charge in [0.15, 0.2) is 5.82 Å². The number of anilines is 1. The second kappa shape index (κ2) is 2.52. The minimum atomic E-state index is 0.984. The van der Waals surface area contributed by atoms with Crippen molar-refractivity contribution in [2.75, 3.05) is 19.0 Å². The summed E-state index contributed by atoms with van der Waals surface area (Å²) in [5.74, 6) is 0.984.